The van der Waals surface area contributed by atoms with Crippen LogP contribution < -0.4 is 5.32 Å². The molecule has 0 saturated heterocycles. The zero-order chi connectivity index (χ0) is 23.6. The minimum atomic E-state index is -0.814. The Labute approximate surface area is 191 Å². The van der Waals surface area contributed by atoms with Crippen LogP contribution in [0.15, 0.2) is 24.3 Å². The van der Waals surface area contributed by atoms with Gasteiger partial charge in [-0.05, 0) is 58.7 Å². The maximum Gasteiger partial charge on any atom is 0.320 e. The van der Waals surface area contributed by atoms with E-state index < -0.39 is 17.6 Å². The molecule has 1 aromatic carbocycles. The normalized spacial score (nSPS) is 12.8. The first-order valence-corrected chi connectivity index (χ1v) is 11.8. The van der Waals surface area contributed by atoms with E-state index in [-0.39, 0.29) is 5.97 Å². The summed E-state index contributed by atoms with van der Waals surface area (Å²) >= 11 is 0. The first-order chi connectivity index (χ1) is 15.2. The highest BCUT2D eigenvalue weighted by Gasteiger charge is 2.18. The van der Waals surface area contributed by atoms with Gasteiger partial charge in [-0.15, -0.1) is 0 Å². The molecule has 1 atom stereocenters. The molecule has 178 valence electrons. The number of hydrogen-bond acceptors (Lipinski definition) is 5. The number of carbonyl (C=O) groups excluding carboxylic acids is 1. The SMILES string of the molecule is Cn1c(CC[C@H](NCCCCCCCCC(=O)OC(C)(C)C)C(=O)O)nc2ccccc21. The molecule has 0 spiro atoms. The lowest BCUT2D eigenvalue weighted by molar-refractivity contribution is -0.155. The molecular weight excluding hydrogens is 406 g/mol. The van der Waals surface area contributed by atoms with Gasteiger partial charge in [-0.3, -0.25) is 9.59 Å². The van der Waals surface area contributed by atoms with E-state index in [9.17, 15) is 14.7 Å². The smallest absolute Gasteiger partial charge is 0.320 e. The number of aryl methyl sites for hydroxylation is 2. The van der Waals surface area contributed by atoms with E-state index in [0.29, 0.717) is 25.8 Å². The van der Waals surface area contributed by atoms with Gasteiger partial charge in [0.1, 0.15) is 17.5 Å². The molecule has 1 heterocycles. The van der Waals surface area contributed by atoms with Crippen LogP contribution in [0.5, 0.6) is 0 Å². The van der Waals surface area contributed by atoms with Crippen molar-refractivity contribution in [3.63, 3.8) is 0 Å². The first kappa shape index (κ1) is 25.8. The van der Waals surface area contributed by atoms with E-state index in [1.165, 1.54) is 0 Å². The number of nitrogens with one attached hydrogen (secondary N) is 1. The number of aromatic nitrogens is 2. The molecule has 0 aliphatic rings. The first-order valence-electron chi connectivity index (χ1n) is 11.8. The summed E-state index contributed by atoms with van der Waals surface area (Å²) < 4.78 is 7.35. The molecule has 7 heteroatoms. The fraction of sp³-hybridized carbons (Fsp3) is 0.640. The van der Waals surface area contributed by atoms with Crippen molar-refractivity contribution in [1.82, 2.24) is 14.9 Å². The average molecular weight is 446 g/mol. The number of fused-ring (bicyclic) bond motifs is 1. The Morgan fingerprint density at radius 3 is 2.41 bits per heavy atom. The third-order valence-corrected chi connectivity index (χ3v) is 5.45. The number of unbranched alkanes of at least 4 members (excludes halogenated alkanes) is 5. The highest BCUT2D eigenvalue weighted by Crippen LogP contribution is 2.16. The van der Waals surface area contributed by atoms with Crippen LogP contribution in [-0.2, 0) is 27.8 Å². The van der Waals surface area contributed by atoms with Gasteiger partial charge >= 0.3 is 11.9 Å². The predicted octanol–water partition coefficient (Wildman–Crippen LogP) is 4.62. The van der Waals surface area contributed by atoms with Crippen LogP contribution in [0.25, 0.3) is 11.0 Å². The van der Waals surface area contributed by atoms with Crippen molar-refractivity contribution in [1.29, 1.82) is 0 Å². The van der Waals surface area contributed by atoms with Crippen LogP contribution in [0, 0.1) is 0 Å². The van der Waals surface area contributed by atoms with Gasteiger partial charge in [0.2, 0.25) is 0 Å². The quantitative estimate of drug-likeness (QED) is 0.325. The molecule has 0 radical (unpaired) electrons. The summed E-state index contributed by atoms with van der Waals surface area (Å²) in [6, 6.07) is 7.38. The van der Waals surface area contributed by atoms with E-state index in [2.05, 4.69) is 10.3 Å². The number of benzene rings is 1. The fourth-order valence-corrected chi connectivity index (χ4v) is 3.78. The Bertz CT molecular complexity index is 870. The molecule has 2 aromatic rings. The van der Waals surface area contributed by atoms with Crippen molar-refractivity contribution in [3.8, 4) is 0 Å². The summed E-state index contributed by atoms with van der Waals surface area (Å²) in [4.78, 5) is 27.9. The zero-order valence-corrected chi connectivity index (χ0v) is 20.0. The number of imidazole rings is 1. The topological polar surface area (TPSA) is 93.5 Å². The van der Waals surface area contributed by atoms with E-state index in [1.807, 2.05) is 56.7 Å². The van der Waals surface area contributed by atoms with Crippen LogP contribution in [0.3, 0.4) is 0 Å². The van der Waals surface area contributed by atoms with Crippen LogP contribution in [-0.4, -0.2) is 44.8 Å². The highest BCUT2D eigenvalue weighted by molar-refractivity contribution is 5.76. The number of carboxylic acid groups (broad SMARTS) is 1. The highest BCUT2D eigenvalue weighted by atomic mass is 16.6. The Kier molecular flexibility index (Phi) is 10.2. The van der Waals surface area contributed by atoms with Crippen molar-refractivity contribution in [2.24, 2.45) is 7.05 Å². The second-order valence-corrected chi connectivity index (χ2v) is 9.42. The molecule has 0 amide bonds. The number of carboxylic acids is 1. The van der Waals surface area contributed by atoms with Gasteiger partial charge in [-0.2, -0.15) is 0 Å². The van der Waals surface area contributed by atoms with Crippen LogP contribution in [0.4, 0.5) is 0 Å². The number of aliphatic carboxylic acids is 1. The molecule has 1 aromatic heterocycles. The zero-order valence-electron chi connectivity index (χ0n) is 20.0. The molecule has 7 nitrogen and oxygen atoms in total. The minimum Gasteiger partial charge on any atom is -0.480 e. The molecule has 32 heavy (non-hydrogen) atoms. The van der Waals surface area contributed by atoms with Gasteiger partial charge in [-0.1, -0.05) is 37.8 Å². The van der Waals surface area contributed by atoms with Gasteiger partial charge in [0.05, 0.1) is 11.0 Å². The summed E-state index contributed by atoms with van der Waals surface area (Å²) in [5.74, 6) is -0.0309. The van der Waals surface area contributed by atoms with Gasteiger partial charge in [0.15, 0.2) is 0 Å². The average Bonchev–Trinajstić information content (AvgIpc) is 3.03. The summed E-state index contributed by atoms with van der Waals surface area (Å²) in [7, 11) is 1.97. The van der Waals surface area contributed by atoms with Crippen molar-refractivity contribution in [2.45, 2.75) is 90.2 Å². The maximum absolute atomic E-state index is 11.7. The molecule has 2 N–H and O–H groups in total. The Balaban J connectivity index is 1.59. The van der Waals surface area contributed by atoms with Gasteiger partial charge in [0, 0.05) is 19.9 Å². The Morgan fingerprint density at radius 1 is 1.09 bits per heavy atom. The number of esters is 1. The molecule has 2 rings (SSSR count). The van der Waals surface area contributed by atoms with Gasteiger partial charge < -0.3 is 19.7 Å². The summed E-state index contributed by atoms with van der Waals surface area (Å²) in [5.41, 5.74) is 1.59. The van der Waals surface area contributed by atoms with Gasteiger partial charge in [0.25, 0.3) is 0 Å². The monoisotopic (exact) mass is 445 g/mol. The number of para-hydroxylation sites is 2. The summed E-state index contributed by atoms with van der Waals surface area (Å²) in [6.45, 7) is 6.34. The van der Waals surface area contributed by atoms with E-state index in [0.717, 1.165) is 55.4 Å². The Morgan fingerprint density at radius 2 is 1.75 bits per heavy atom. The molecular formula is C25H39N3O4. The van der Waals surface area contributed by atoms with Crippen LogP contribution in [0.2, 0.25) is 0 Å². The minimum absolute atomic E-state index is 0.125. The second-order valence-electron chi connectivity index (χ2n) is 9.42. The number of nitrogens with zero attached hydrogens (tertiary/aromatic N) is 2. The summed E-state index contributed by atoms with van der Waals surface area (Å²) in [5, 5.41) is 12.7. The van der Waals surface area contributed by atoms with E-state index in [1.54, 1.807) is 0 Å². The third-order valence-electron chi connectivity index (χ3n) is 5.45. The fourth-order valence-electron chi connectivity index (χ4n) is 3.78. The lowest BCUT2D eigenvalue weighted by atomic mass is 10.1. The third kappa shape index (κ3) is 8.99. The van der Waals surface area contributed by atoms with Crippen molar-refractivity contribution in [2.75, 3.05) is 6.54 Å². The van der Waals surface area contributed by atoms with Crippen molar-refractivity contribution in [3.05, 3.63) is 30.1 Å². The summed E-state index contributed by atoms with van der Waals surface area (Å²) in [6.07, 6.45) is 7.65. The Hall–Kier alpha value is -2.41. The van der Waals surface area contributed by atoms with Crippen molar-refractivity contribution >= 4 is 23.0 Å². The number of rotatable bonds is 14. The maximum atomic E-state index is 11.7. The second kappa shape index (κ2) is 12.6. The standard InChI is InChI=1S/C25H39N3O4/c1-25(2,3)32-23(29)15-9-7-5-6-8-12-18-26-20(24(30)31)16-17-22-27-19-13-10-11-14-21(19)28(22)4/h10-11,13-14,20,26H,5-9,12,15-18H2,1-4H3,(H,30,31)/t20-/m0/s1. The molecule has 0 aliphatic carbocycles. The number of carbonyl (C=O) groups is 2. The number of hydrogen-bond donors (Lipinski definition) is 2. The molecule has 0 bridgehead atoms. The predicted molar refractivity (Wildman–Crippen MR) is 127 cm³/mol. The lowest BCUT2D eigenvalue weighted by Crippen LogP contribution is -2.37. The molecule has 0 saturated carbocycles. The molecule has 0 aliphatic heterocycles. The van der Waals surface area contributed by atoms with Gasteiger partial charge in [-0.25, -0.2) is 4.98 Å². The lowest BCUT2D eigenvalue weighted by Gasteiger charge is -2.19. The van der Waals surface area contributed by atoms with Crippen LogP contribution in [0.1, 0.15) is 78.0 Å². The number of ether oxygens (including phenoxy) is 1. The van der Waals surface area contributed by atoms with Crippen LogP contribution >= 0.6 is 0 Å². The van der Waals surface area contributed by atoms with E-state index >= 15 is 0 Å². The largest absolute Gasteiger partial charge is 0.480 e. The van der Waals surface area contributed by atoms with Crippen molar-refractivity contribution < 1.29 is 19.4 Å². The van der Waals surface area contributed by atoms with E-state index in [4.69, 9.17) is 4.74 Å². The molecule has 0 fully saturated rings. The molecule has 0 unspecified atom stereocenters.